The third-order valence-corrected chi connectivity index (χ3v) is 5.64. The highest BCUT2D eigenvalue weighted by Crippen LogP contribution is 2.24. The lowest BCUT2D eigenvalue weighted by molar-refractivity contribution is -0.894. The first kappa shape index (κ1) is 27.9. The van der Waals surface area contributed by atoms with Gasteiger partial charge in [0, 0.05) is 23.9 Å². The molecule has 0 radical (unpaired) electrons. The van der Waals surface area contributed by atoms with Crippen molar-refractivity contribution in [2.75, 3.05) is 40.3 Å². The number of carbonyl (C=O) groups is 3. The number of likely N-dealkylation sites (N-methyl/N-ethyl adjacent to an activating group) is 1. The zero-order valence-corrected chi connectivity index (χ0v) is 21.0. The van der Waals surface area contributed by atoms with E-state index < -0.39 is 11.9 Å². The molecule has 0 atom stereocenters. The molecule has 3 aromatic rings. The number of piperazine rings is 1. The van der Waals surface area contributed by atoms with Gasteiger partial charge in [-0.2, -0.15) is 0 Å². The minimum absolute atomic E-state index is 0.0605. The van der Waals surface area contributed by atoms with Crippen LogP contribution in [0.4, 0.5) is 4.39 Å². The highest BCUT2D eigenvalue weighted by atomic mass is 19.1. The SMILES string of the molecule is C[N+]1(C)CCN(C(=O)c2ccnc(-c3ccc(Oc4ccc(F)cc4)cc3)n2)CC1.O=C(O)/C=C/C(=O)O. The number of halogens is 1. The molecule has 2 heterocycles. The van der Waals surface area contributed by atoms with Gasteiger partial charge in [0.1, 0.15) is 23.0 Å². The number of carboxylic acids is 2. The Hall–Kier alpha value is -4.64. The molecule has 0 unspecified atom stereocenters. The van der Waals surface area contributed by atoms with Crippen LogP contribution in [0.3, 0.4) is 0 Å². The van der Waals surface area contributed by atoms with Crippen LogP contribution in [-0.4, -0.2) is 87.7 Å². The molecule has 1 aliphatic heterocycles. The Morgan fingerprint density at radius 2 is 1.42 bits per heavy atom. The summed E-state index contributed by atoms with van der Waals surface area (Å²) in [6, 6.07) is 14.8. The van der Waals surface area contributed by atoms with Gasteiger partial charge in [0.15, 0.2) is 5.82 Å². The molecule has 0 bridgehead atoms. The fourth-order valence-electron chi connectivity index (χ4n) is 3.44. The molecule has 2 N–H and O–H groups in total. The largest absolute Gasteiger partial charge is 0.478 e. The molecule has 0 spiro atoms. The number of hydrogen-bond acceptors (Lipinski definition) is 6. The first-order valence-corrected chi connectivity index (χ1v) is 11.6. The van der Waals surface area contributed by atoms with Crippen LogP contribution in [0.5, 0.6) is 11.5 Å². The zero-order chi connectivity index (χ0) is 27.7. The second kappa shape index (κ2) is 12.5. The average Bonchev–Trinajstić information content (AvgIpc) is 2.89. The lowest BCUT2D eigenvalue weighted by Crippen LogP contribution is -2.56. The number of aromatic nitrogens is 2. The van der Waals surface area contributed by atoms with Crippen molar-refractivity contribution in [1.82, 2.24) is 14.9 Å². The number of aliphatic carboxylic acids is 2. The van der Waals surface area contributed by atoms with E-state index in [-0.39, 0.29) is 11.7 Å². The first-order chi connectivity index (χ1) is 18.0. The topological polar surface area (TPSA) is 130 Å². The van der Waals surface area contributed by atoms with Crippen molar-refractivity contribution in [2.45, 2.75) is 0 Å². The molecule has 198 valence electrons. The van der Waals surface area contributed by atoms with E-state index >= 15 is 0 Å². The lowest BCUT2D eigenvalue weighted by Gasteiger charge is -2.38. The minimum atomic E-state index is -1.26. The molecule has 1 fully saturated rings. The molecule has 11 heteroatoms. The van der Waals surface area contributed by atoms with Gasteiger partial charge in [0.2, 0.25) is 0 Å². The van der Waals surface area contributed by atoms with Gasteiger partial charge in [-0.05, 0) is 54.6 Å². The van der Waals surface area contributed by atoms with Crippen LogP contribution in [-0.2, 0) is 9.59 Å². The third kappa shape index (κ3) is 8.49. The van der Waals surface area contributed by atoms with Gasteiger partial charge >= 0.3 is 11.9 Å². The van der Waals surface area contributed by atoms with Gasteiger partial charge in [-0.25, -0.2) is 23.9 Å². The molecule has 2 aromatic carbocycles. The molecular weight excluding hydrogens is 495 g/mol. The summed E-state index contributed by atoms with van der Waals surface area (Å²) in [4.78, 5) is 42.6. The monoisotopic (exact) mass is 523 g/mol. The molecule has 0 saturated carbocycles. The van der Waals surface area contributed by atoms with Gasteiger partial charge in [-0.1, -0.05) is 0 Å². The lowest BCUT2D eigenvalue weighted by atomic mass is 10.2. The minimum Gasteiger partial charge on any atom is -0.478 e. The molecule has 1 aromatic heterocycles. The zero-order valence-electron chi connectivity index (χ0n) is 21.0. The fraction of sp³-hybridized carbons (Fsp3) is 0.222. The quantitative estimate of drug-likeness (QED) is 0.372. The molecule has 1 amide bonds. The number of carbonyl (C=O) groups excluding carboxylic acids is 1. The normalized spacial score (nSPS) is 14.3. The van der Waals surface area contributed by atoms with Crippen LogP contribution in [0.25, 0.3) is 11.4 Å². The highest BCUT2D eigenvalue weighted by molar-refractivity contribution is 5.92. The predicted molar refractivity (Wildman–Crippen MR) is 136 cm³/mol. The number of quaternary nitrogens is 1. The van der Waals surface area contributed by atoms with Crippen molar-refractivity contribution in [3.05, 3.63) is 84.5 Å². The Morgan fingerprint density at radius 1 is 0.895 bits per heavy atom. The number of hydrogen-bond donors (Lipinski definition) is 2. The van der Waals surface area contributed by atoms with Gasteiger partial charge < -0.3 is 24.3 Å². The second-order valence-electron chi connectivity index (χ2n) is 9.03. The molecule has 10 nitrogen and oxygen atoms in total. The standard InChI is InChI=1S/C23H24FN4O2.C4H4O4/c1-28(2)15-13-27(14-16-28)23(29)21-11-12-25-22(26-21)17-3-7-19(8-4-17)30-20-9-5-18(24)6-10-20;5-3(6)1-2-4(7)8/h3-12H,13-16H2,1-2H3;1-2H,(H,5,6)(H,7,8)/q+1;/b;2-1+. The first-order valence-electron chi connectivity index (χ1n) is 11.6. The molecule has 1 saturated heterocycles. The van der Waals surface area contributed by atoms with Crippen molar-refractivity contribution in [3.8, 4) is 22.9 Å². The van der Waals surface area contributed by atoms with Crippen LogP contribution >= 0.6 is 0 Å². The van der Waals surface area contributed by atoms with E-state index in [1.807, 2.05) is 17.0 Å². The van der Waals surface area contributed by atoms with Crippen molar-refractivity contribution in [1.29, 1.82) is 0 Å². The Kier molecular flexibility index (Phi) is 9.23. The summed E-state index contributed by atoms with van der Waals surface area (Å²) in [5.41, 5.74) is 1.19. The smallest absolute Gasteiger partial charge is 0.328 e. The van der Waals surface area contributed by atoms with Crippen LogP contribution in [0.1, 0.15) is 10.5 Å². The fourth-order valence-corrected chi connectivity index (χ4v) is 3.44. The van der Waals surface area contributed by atoms with Gasteiger partial charge in [0.05, 0.1) is 40.3 Å². The van der Waals surface area contributed by atoms with E-state index in [1.165, 1.54) is 12.1 Å². The van der Waals surface area contributed by atoms with Crippen molar-refractivity contribution in [2.24, 2.45) is 0 Å². The Morgan fingerprint density at radius 3 is 1.95 bits per heavy atom. The van der Waals surface area contributed by atoms with Crippen molar-refractivity contribution >= 4 is 17.8 Å². The summed E-state index contributed by atoms with van der Waals surface area (Å²) in [5, 5.41) is 15.6. The summed E-state index contributed by atoms with van der Waals surface area (Å²) >= 11 is 0. The summed E-state index contributed by atoms with van der Waals surface area (Å²) in [6.45, 7) is 3.31. The van der Waals surface area contributed by atoms with Gasteiger partial charge in [-0.3, -0.25) is 4.79 Å². The molecule has 4 rings (SSSR count). The summed E-state index contributed by atoms with van der Waals surface area (Å²) in [5.74, 6) is -1.23. The number of nitrogens with zero attached hydrogens (tertiary/aromatic N) is 4. The van der Waals surface area contributed by atoms with Crippen molar-refractivity contribution < 1.29 is 38.2 Å². The Labute approximate surface area is 218 Å². The maximum Gasteiger partial charge on any atom is 0.328 e. The van der Waals surface area contributed by atoms with Crippen LogP contribution < -0.4 is 4.74 Å². The van der Waals surface area contributed by atoms with E-state index in [9.17, 15) is 18.8 Å². The Bertz CT molecular complexity index is 1280. The highest BCUT2D eigenvalue weighted by Gasteiger charge is 2.28. The van der Waals surface area contributed by atoms with E-state index in [0.29, 0.717) is 35.2 Å². The predicted octanol–water partition coefficient (Wildman–Crippen LogP) is 3.32. The number of rotatable bonds is 6. The van der Waals surface area contributed by atoms with Crippen LogP contribution in [0.2, 0.25) is 0 Å². The van der Waals surface area contributed by atoms with Gasteiger partial charge in [-0.15, -0.1) is 0 Å². The number of ether oxygens (including phenoxy) is 1. The van der Waals surface area contributed by atoms with Crippen molar-refractivity contribution in [3.63, 3.8) is 0 Å². The Balaban J connectivity index is 0.000000436. The summed E-state index contributed by atoms with van der Waals surface area (Å²) < 4.78 is 19.6. The molecule has 1 aliphatic rings. The number of benzene rings is 2. The van der Waals surface area contributed by atoms with Crippen LogP contribution in [0.15, 0.2) is 72.9 Å². The molecular formula is C27H28FN4O6+. The number of amides is 1. The van der Waals surface area contributed by atoms with Crippen LogP contribution in [0, 0.1) is 5.82 Å². The van der Waals surface area contributed by atoms with E-state index in [4.69, 9.17) is 14.9 Å². The van der Waals surface area contributed by atoms with E-state index in [1.54, 1.807) is 36.5 Å². The number of carboxylic acid groups (broad SMARTS) is 2. The third-order valence-electron chi connectivity index (χ3n) is 5.64. The summed E-state index contributed by atoms with van der Waals surface area (Å²) in [7, 11) is 4.35. The maximum absolute atomic E-state index is 13.0. The second-order valence-corrected chi connectivity index (χ2v) is 9.03. The van der Waals surface area contributed by atoms with E-state index in [2.05, 4.69) is 24.1 Å². The average molecular weight is 524 g/mol. The molecule has 0 aliphatic carbocycles. The summed E-state index contributed by atoms with van der Waals surface area (Å²) in [6.07, 6.45) is 2.73. The van der Waals surface area contributed by atoms with Gasteiger partial charge in [0.25, 0.3) is 5.91 Å². The molecule has 38 heavy (non-hydrogen) atoms. The van der Waals surface area contributed by atoms with E-state index in [0.717, 1.165) is 36.2 Å². The maximum atomic E-state index is 13.0.